The third-order valence-electron chi connectivity index (χ3n) is 2.60. The molecule has 5 nitrogen and oxygen atoms in total. The Labute approximate surface area is 99.0 Å². The van der Waals surface area contributed by atoms with E-state index in [-0.39, 0.29) is 5.69 Å². The maximum absolute atomic E-state index is 10.5. The summed E-state index contributed by atoms with van der Waals surface area (Å²) in [7, 11) is 0. The predicted molar refractivity (Wildman–Crippen MR) is 67.1 cm³/mol. The number of hydrogen-bond donors (Lipinski definition) is 1. The van der Waals surface area contributed by atoms with E-state index in [0.29, 0.717) is 0 Å². The number of nitro groups is 1. The molecule has 1 N–H and O–H groups in total. The first-order valence-corrected chi connectivity index (χ1v) is 5.39. The van der Waals surface area contributed by atoms with Crippen LogP contribution >= 0.6 is 0 Å². The van der Waals surface area contributed by atoms with Gasteiger partial charge in [0.05, 0.1) is 16.3 Å². The molecule has 0 fully saturated rings. The number of anilines is 1. The van der Waals surface area contributed by atoms with Crippen molar-refractivity contribution in [2.24, 2.45) is 5.10 Å². The van der Waals surface area contributed by atoms with Crippen molar-refractivity contribution in [3.63, 3.8) is 0 Å². The highest BCUT2D eigenvalue weighted by molar-refractivity contribution is 5.98. The van der Waals surface area contributed by atoms with Crippen molar-refractivity contribution >= 4 is 17.1 Å². The molecule has 1 aromatic carbocycles. The molecule has 1 aliphatic rings. The van der Waals surface area contributed by atoms with Crippen molar-refractivity contribution in [1.82, 2.24) is 0 Å². The largest absolute Gasteiger partial charge is 0.278 e. The van der Waals surface area contributed by atoms with Gasteiger partial charge in [0.15, 0.2) is 0 Å². The fourth-order valence-electron chi connectivity index (χ4n) is 1.64. The van der Waals surface area contributed by atoms with Gasteiger partial charge in [0, 0.05) is 12.1 Å². The molecule has 88 valence electrons. The minimum Gasteiger partial charge on any atom is -0.278 e. The van der Waals surface area contributed by atoms with Crippen LogP contribution in [-0.4, -0.2) is 10.6 Å². The number of nitrogens with zero attached hydrogens (tertiary/aromatic N) is 2. The Hall–Kier alpha value is -2.17. The quantitative estimate of drug-likeness (QED) is 0.642. The van der Waals surface area contributed by atoms with Gasteiger partial charge in [-0.25, -0.2) is 0 Å². The van der Waals surface area contributed by atoms with Crippen molar-refractivity contribution in [2.45, 2.75) is 19.8 Å². The number of hydrogen-bond acceptors (Lipinski definition) is 4. The highest BCUT2D eigenvalue weighted by Gasteiger charge is 2.07. The van der Waals surface area contributed by atoms with Crippen LogP contribution in [-0.2, 0) is 0 Å². The number of hydrazone groups is 1. The smallest absolute Gasteiger partial charge is 0.269 e. The van der Waals surface area contributed by atoms with Gasteiger partial charge >= 0.3 is 0 Å². The van der Waals surface area contributed by atoms with Gasteiger partial charge in [-0.2, -0.15) is 5.10 Å². The highest BCUT2D eigenvalue weighted by atomic mass is 16.6. The van der Waals surface area contributed by atoms with Gasteiger partial charge in [0.2, 0.25) is 0 Å². The molecule has 0 saturated heterocycles. The second-order valence-electron chi connectivity index (χ2n) is 4.01. The van der Waals surface area contributed by atoms with Crippen LogP contribution in [0.25, 0.3) is 0 Å². The first-order valence-electron chi connectivity index (χ1n) is 5.39. The lowest BCUT2D eigenvalue weighted by Gasteiger charge is -2.00. The monoisotopic (exact) mass is 231 g/mol. The molecule has 0 spiro atoms. The van der Waals surface area contributed by atoms with Crippen molar-refractivity contribution in [3.05, 3.63) is 46.0 Å². The predicted octanol–water partition coefficient (Wildman–Crippen LogP) is 3.10. The van der Waals surface area contributed by atoms with Gasteiger partial charge in [-0.3, -0.25) is 15.5 Å². The second kappa shape index (κ2) is 4.78. The van der Waals surface area contributed by atoms with Crippen LogP contribution in [0.4, 0.5) is 11.4 Å². The topological polar surface area (TPSA) is 67.5 Å². The standard InChI is InChI=1S/C12H13N3O2/c1-9-2-3-11(8-9)14-13-10-4-6-12(7-5-10)15(16)17/h4-8,13H,2-3H2,1H3/b14-11-. The molecule has 0 heterocycles. The summed E-state index contributed by atoms with van der Waals surface area (Å²) >= 11 is 0. The number of rotatable bonds is 3. The van der Waals surface area contributed by atoms with Gasteiger partial charge in [-0.15, -0.1) is 0 Å². The normalized spacial score (nSPS) is 17.0. The van der Waals surface area contributed by atoms with Gasteiger partial charge in [-0.1, -0.05) is 5.57 Å². The Morgan fingerprint density at radius 2 is 2.00 bits per heavy atom. The lowest BCUT2D eigenvalue weighted by Crippen LogP contribution is -1.95. The Balaban J connectivity index is 2.02. The number of non-ortho nitro benzene ring substituents is 1. The number of allylic oxidation sites excluding steroid dienone is 2. The molecular formula is C12H13N3O2. The number of nitrogens with one attached hydrogen (secondary N) is 1. The van der Waals surface area contributed by atoms with Crippen molar-refractivity contribution in [3.8, 4) is 0 Å². The van der Waals surface area contributed by atoms with Crippen molar-refractivity contribution < 1.29 is 4.92 Å². The van der Waals surface area contributed by atoms with Crippen LogP contribution in [0.1, 0.15) is 19.8 Å². The molecule has 1 aromatic rings. The molecule has 0 aromatic heterocycles. The van der Waals surface area contributed by atoms with E-state index in [1.54, 1.807) is 12.1 Å². The highest BCUT2D eigenvalue weighted by Crippen LogP contribution is 2.17. The van der Waals surface area contributed by atoms with Gasteiger partial charge in [0.1, 0.15) is 0 Å². The van der Waals surface area contributed by atoms with E-state index in [4.69, 9.17) is 0 Å². The van der Waals surface area contributed by atoms with E-state index in [2.05, 4.69) is 23.5 Å². The van der Waals surface area contributed by atoms with Crippen LogP contribution < -0.4 is 5.43 Å². The Morgan fingerprint density at radius 1 is 1.29 bits per heavy atom. The van der Waals surface area contributed by atoms with Crippen LogP contribution in [0.15, 0.2) is 41.0 Å². The summed E-state index contributed by atoms with van der Waals surface area (Å²) < 4.78 is 0. The molecule has 0 aliphatic heterocycles. The fourth-order valence-corrected chi connectivity index (χ4v) is 1.64. The molecule has 2 rings (SSSR count). The van der Waals surface area contributed by atoms with Gasteiger partial charge in [-0.05, 0) is 38.0 Å². The average molecular weight is 231 g/mol. The second-order valence-corrected chi connectivity index (χ2v) is 4.01. The van der Waals surface area contributed by atoms with Crippen LogP contribution in [0.5, 0.6) is 0 Å². The molecule has 17 heavy (non-hydrogen) atoms. The summed E-state index contributed by atoms with van der Waals surface area (Å²) in [6.45, 7) is 2.08. The lowest BCUT2D eigenvalue weighted by molar-refractivity contribution is -0.384. The zero-order valence-electron chi connectivity index (χ0n) is 9.51. The molecule has 0 atom stereocenters. The van der Waals surface area contributed by atoms with Crippen LogP contribution in [0.3, 0.4) is 0 Å². The molecule has 0 bridgehead atoms. The van der Waals surface area contributed by atoms with Crippen LogP contribution in [0.2, 0.25) is 0 Å². The first-order chi connectivity index (χ1) is 8.15. The maximum Gasteiger partial charge on any atom is 0.269 e. The van der Waals surface area contributed by atoms with E-state index >= 15 is 0 Å². The molecule has 5 heteroatoms. The molecule has 0 amide bonds. The minimum atomic E-state index is -0.418. The third kappa shape index (κ3) is 2.90. The Morgan fingerprint density at radius 3 is 2.53 bits per heavy atom. The van der Waals surface area contributed by atoms with Crippen LogP contribution in [0, 0.1) is 10.1 Å². The molecule has 0 unspecified atom stereocenters. The summed E-state index contributed by atoms with van der Waals surface area (Å²) in [6.07, 6.45) is 4.06. The van der Waals surface area contributed by atoms with E-state index in [0.717, 1.165) is 24.2 Å². The maximum atomic E-state index is 10.5. The Kier molecular flexibility index (Phi) is 3.18. The summed E-state index contributed by atoms with van der Waals surface area (Å²) in [6, 6.07) is 6.21. The van der Waals surface area contributed by atoms with E-state index in [1.807, 2.05) is 0 Å². The Bertz CT molecular complexity index is 489. The molecule has 1 aliphatic carbocycles. The molecular weight excluding hydrogens is 218 g/mol. The number of benzene rings is 1. The first kappa shape index (κ1) is 11.3. The van der Waals surface area contributed by atoms with E-state index < -0.39 is 4.92 Å². The molecule has 0 saturated carbocycles. The number of nitro benzene ring substituents is 1. The van der Waals surface area contributed by atoms with E-state index in [9.17, 15) is 10.1 Å². The third-order valence-corrected chi connectivity index (χ3v) is 2.60. The lowest BCUT2D eigenvalue weighted by atomic mass is 10.3. The fraction of sp³-hybridized carbons (Fsp3) is 0.250. The average Bonchev–Trinajstić information content (AvgIpc) is 2.73. The zero-order valence-corrected chi connectivity index (χ0v) is 9.51. The summed E-state index contributed by atoms with van der Waals surface area (Å²) in [5, 5.41) is 14.7. The zero-order chi connectivity index (χ0) is 12.3. The summed E-state index contributed by atoms with van der Waals surface area (Å²) in [4.78, 5) is 10.0. The summed E-state index contributed by atoms with van der Waals surface area (Å²) in [5.41, 5.74) is 6.07. The summed E-state index contributed by atoms with van der Waals surface area (Å²) in [5.74, 6) is 0. The molecule has 0 radical (unpaired) electrons. The van der Waals surface area contributed by atoms with Gasteiger partial charge in [0.25, 0.3) is 5.69 Å². The van der Waals surface area contributed by atoms with E-state index in [1.165, 1.54) is 17.7 Å². The van der Waals surface area contributed by atoms with Crippen molar-refractivity contribution in [2.75, 3.05) is 5.43 Å². The SMILES string of the molecule is CC1=C/C(=N\Nc2ccc([N+](=O)[O-])cc2)CC1. The minimum absolute atomic E-state index is 0.0832. The van der Waals surface area contributed by atoms with Gasteiger partial charge < -0.3 is 0 Å². The van der Waals surface area contributed by atoms with Crippen molar-refractivity contribution in [1.29, 1.82) is 0 Å².